The molecule has 1 N–H and O–H groups in total. The van der Waals surface area contributed by atoms with E-state index in [0.717, 1.165) is 35.5 Å². The molecular weight excluding hydrogens is 399 g/mol. The van der Waals surface area contributed by atoms with Crippen LogP contribution < -0.4 is 5.32 Å². The lowest BCUT2D eigenvalue weighted by atomic mass is 10.1. The van der Waals surface area contributed by atoms with Crippen molar-refractivity contribution in [2.75, 3.05) is 6.54 Å². The van der Waals surface area contributed by atoms with Gasteiger partial charge in [0.1, 0.15) is 17.2 Å². The molecule has 30 heavy (non-hydrogen) atoms. The molecule has 0 radical (unpaired) electrons. The predicted molar refractivity (Wildman–Crippen MR) is 118 cm³/mol. The molecule has 4 nitrogen and oxygen atoms in total. The van der Waals surface area contributed by atoms with Crippen molar-refractivity contribution in [2.45, 2.75) is 19.5 Å². The Labute approximate surface area is 180 Å². The average molecular weight is 421 g/mol. The number of nitrogens with one attached hydrogen (secondary N) is 1. The van der Waals surface area contributed by atoms with Gasteiger partial charge in [-0.25, -0.2) is 4.39 Å². The summed E-state index contributed by atoms with van der Waals surface area (Å²) in [6.07, 6.45) is 0.945. The van der Waals surface area contributed by atoms with Crippen molar-refractivity contribution in [3.05, 3.63) is 107 Å². The normalized spacial score (nSPS) is 11.0. The second-order valence-corrected chi connectivity index (χ2v) is 7.45. The van der Waals surface area contributed by atoms with E-state index in [1.807, 2.05) is 36.4 Å². The first-order valence-corrected chi connectivity index (χ1v) is 10.2. The van der Waals surface area contributed by atoms with Crippen molar-refractivity contribution in [2.24, 2.45) is 0 Å². The first-order chi connectivity index (χ1) is 14.7. The van der Waals surface area contributed by atoms with Crippen molar-refractivity contribution in [1.29, 1.82) is 0 Å². The SMILES string of the molecule is Fc1ccc(Cn2nc(CNCCc3ccccc3)c(-c3ccccc3)n2)c(Cl)c1. The lowest BCUT2D eigenvalue weighted by Crippen LogP contribution is -2.17. The highest BCUT2D eigenvalue weighted by atomic mass is 35.5. The van der Waals surface area contributed by atoms with Gasteiger partial charge in [0.25, 0.3) is 0 Å². The number of benzene rings is 3. The molecule has 0 atom stereocenters. The van der Waals surface area contributed by atoms with Crippen molar-refractivity contribution in [1.82, 2.24) is 20.3 Å². The lowest BCUT2D eigenvalue weighted by Gasteiger charge is -2.05. The largest absolute Gasteiger partial charge is 0.311 e. The number of aromatic nitrogens is 3. The molecule has 3 aromatic carbocycles. The van der Waals surface area contributed by atoms with Crippen molar-refractivity contribution in [3.63, 3.8) is 0 Å². The van der Waals surface area contributed by atoms with Crippen LogP contribution in [0.3, 0.4) is 0 Å². The monoisotopic (exact) mass is 420 g/mol. The molecule has 0 unspecified atom stereocenters. The second kappa shape index (κ2) is 9.65. The topological polar surface area (TPSA) is 42.7 Å². The summed E-state index contributed by atoms with van der Waals surface area (Å²) in [6, 6.07) is 24.7. The number of hydrogen-bond acceptors (Lipinski definition) is 3. The van der Waals surface area contributed by atoms with Crippen LogP contribution in [0.15, 0.2) is 78.9 Å². The van der Waals surface area contributed by atoms with Crippen molar-refractivity contribution >= 4 is 11.6 Å². The fourth-order valence-electron chi connectivity index (χ4n) is 3.28. The van der Waals surface area contributed by atoms with E-state index in [-0.39, 0.29) is 5.82 Å². The van der Waals surface area contributed by atoms with E-state index in [2.05, 4.69) is 39.8 Å². The molecule has 0 aliphatic carbocycles. The quantitative estimate of drug-likeness (QED) is 0.402. The molecule has 0 saturated carbocycles. The molecule has 152 valence electrons. The van der Waals surface area contributed by atoms with E-state index in [9.17, 15) is 4.39 Å². The molecule has 0 amide bonds. The minimum absolute atomic E-state index is 0.356. The minimum Gasteiger partial charge on any atom is -0.311 e. The van der Waals surface area contributed by atoms with Crippen LogP contribution in [-0.4, -0.2) is 21.5 Å². The summed E-state index contributed by atoms with van der Waals surface area (Å²) in [5.41, 5.74) is 4.78. The van der Waals surface area contributed by atoms with E-state index in [1.165, 1.54) is 17.7 Å². The summed E-state index contributed by atoms with van der Waals surface area (Å²) in [5.74, 6) is -0.356. The third-order valence-corrected chi connectivity index (χ3v) is 5.18. The van der Waals surface area contributed by atoms with Crippen LogP contribution in [0, 0.1) is 5.82 Å². The third-order valence-electron chi connectivity index (χ3n) is 4.82. The van der Waals surface area contributed by atoms with Gasteiger partial charge in [-0.1, -0.05) is 78.3 Å². The number of nitrogens with zero attached hydrogens (tertiary/aromatic N) is 3. The Morgan fingerprint density at radius 1 is 0.900 bits per heavy atom. The molecule has 6 heteroatoms. The molecule has 0 aliphatic rings. The maximum atomic E-state index is 13.3. The van der Waals surface area contributed by atoms with Gasteiger partial charge in [0.05, 0.1) is 6.54 Å². The molecule has 1 heterocycles. The van der Waals surface area contributed by atoms with Gasteiger partial charge in [-0.3, -0.25) is 0 Å². The number of rotatable bonds is 8. The van der Waals surface area contributed by atoms with Crippen LogP contribution in [0.1, 0.15) is 16.8 Å². The predicted octanol–water partition coefficient (Wildman–Crippen LogP) is 5.12. The van der Waals surface area contributed by atoms with E-state index in [0.29, 0.717) is 18.1 Å². The van der Waals surface area contributed by atoms with Gasteiger partial charge < -0.3 is 5.32 Å². The first-order valence-electron chi connectivity index (χ1n) is 9.87. The molecule has 4 rings (SSSR count). The summed E-state index contributed by atoms with van der Waals surface area (Å²) in [7, 11) is 0. The van der Waals surface area contributed by atoms with Crippen LogP contribution in [0.2, 0.25) is 5.02 Å². The fourth-order valence-corrected chi connectivity index (χ4v) is 3.51. The molecule has 0 bridgehead atoms. The Hall–Kier alpha value is -3.02. The molecule has 0 fully saturated rings. The molecule has 1 aromatic heterocycles. The van der Waals surface area contributed by atoms with Crippen molar-refractivity contribution in [3.8, 4) is 11.3 Å². The lowest BCUT2D eigenvalue weighted by molar-refractivity contribution is 0.574. The Morgan fingerprint density at radius 3 is 2.37 bits per heavy atom. The maximum absolute atomic E-state index is 13.3. The zero-order valence-electron chi connectivity index (χ0n) is 16.4. The van der Waals surface area contributed by atoms with Gasteiger partial charge in [-0.05, 0) is 36.2 Å². The van der Waals surface area contributed by atoms with Gasteiger partial charge in [0.2, 0.25) is 0 Å². The molecule has 0 spiro atoms. The standard InChI is InChI=1S/C24H22ClFN4/c25-22-15-21(26)12-11-20(22)17-30-28-23(24(29-30)19-9-5-2-6-10-19)16-27-14-13-18-7-3-1-4-8-18/h1-12,15,27H,13-14,16-17H2. The fraction of sp³-hybridized carbons (Fsp3) is 0.167. The van der Waals surface area contributed by atoms with Gasteiger partial charge in [0.15, 0.2) is 0 Å². The van der Waals surface area contributed by atoms with Gasteiger partial charge >= 0.3 is 0 Å². The third kappa shape index (κ3) is 5.12. The second-order valence-electron chi connectivity index (χ2n) is 7.04. The zero-order chi connectivity index (χ0) is 20.8. The van der Waals surface area contributed by atoms with Gasteiger partial charge in [-0.2, -0.15) is 15.0 Å². The first kappa shape index (κ1) is 20.3. The molecular formula is C24H22ClFN4. The summed E-state index contributed by atoms with van der Waals surface area (Å²) in [4.78, 5) is 1.62. The summed E-state index contributed by atoms with van der Waals surface area (Å²) in [6.45, 7) is 1.83. The summed E-state index contributed by atoms with van der Waals surface area (Å²) >= 11 is 6.18. The Balaban J connectivity index is 1.50. The smallest absolute Gasteiger partial charge is 0.124 e. The minimum atomic E-state index is -0.356. The van der Waals surface area contributed by atoms with E-state index < -0.39 is 0 Å². The Kier molecular flexibility index (Phi) is 6.52. The highest BCUT2D eigenvalue weighted by Gasteiger charge is 2.14. The van der Waals surface area contributed by atoms with Crippen LogP contribution in [-0.2, 0) is 19.5 Å². The average Bonchev–Trinajstić information content (AvgIpc) is 3.17. The van der Waals surface area contributed by atoms with Crippen LogP contribution >= 0.6 is 11.6 Å². The van der Waals surface area contributed by atoms with Gasteiger partial charge in [-0.15, -0.1) is 0 Å². The van der Waals surface area contributed by atoms with E-state index >= 15 is 0 Å². The Bertz CT molecular complexity index is 1100. The van der Waals surface area contributed by atoms with Crippen LogP contribution in [0.25, 0.3) is 11.3 Å². The Morgan fingerprint density at radius 2 is 1.63 bits per heavy atom. The highest BCUT2D eigenvalue weighted by Crippen LogP contribution is 2.22. The summed E-state index contributed by atoms with van der Waals surface area (Å²) < 4.78 is 13.3. The molecule has 4 aromatic rings. The highest BCUT2D eigenvalue weighted by molar-refractivity contribution is 6.31. The maximum Gasteiger partial charge on any atom is 0.124 e. The van der Waals surface area contributed by atoms with Gasteiger partial charge in [0, 0.05) is 17.1 Å². The van der Waals surface area contributed by atoms with Crippen LogP contribution in [0.4, 0.5) is 4.39 Å². The number of hydrogen-bond donors (Lipinski definition) is 1. The van der Waals surface area contributed by atoms with Crippen molar-refractivity contribution < 1.29 is 4.39 Å². The molecule has 0 saturated heterocycles. The van der Waals surface area contributed by atoms with Crippen LogP contribution in [0.5, 0.6) is 0 Å². The van der Waals surface area contributed by atoms with E-state index in [4.69, 9.17) is 11.6 Å². The number of halogens is 2. The molecule has 0 aliphatic heterocycles. The van der Waals surface area contributed by atoms with E-state index in [1.54, 1.807) is 10.9 Å². The zero-order valence-corrected chi connectivity index (χ0v) is 17.2. The summed E-state index contributed by atoms with van der Waals surface area (Å²) in [5, 5.41) is 13.2.